The van der Waals surface area contributed by atoms with E-state index < -0.39 is 17.6 Å². The highest BCUT2D eigenvalue weighted by atomic mass is 19.4. The fourth-order valence-electron chi connectivity index (χ4n) is 3.38. The van der Waals surface area contributed by atoms with Gasteiger partial charge in [0.1, 0.15) is 5.76 Å². The minimum atomic E-state index is -4.51. The molecule has 0 spiro atoms. The number of hydrogen-bond donors (Lipinski definition) is 2. The maximum Gasteiger partial charge on any atom is 0.418 e. The molecule has 140 valence electrons. The first-order valence-electron chi connectivity index (χ1n) is 8.63. The zero-order chi connectivity index (χ0) is 18.7. The summed E-state index contributed by atoms with van der Waals surface area (Å²) in [6.07, 6.45) is 0.0779. The van der Waals surface area contributed by atoms with Crippen molar-refractivity contribution in [3.05, 3.63) is 53.5 Å². The van der Waals surface area contributed by atoms with Crippen LogP contribution in [0.1, 0.15) is 49.1 Å². The summed E-state index contributed by atoms with van der Waals surface area (Å²) >= 11 is 0. The van der Waals surface area contributed by atoms with Crippen molar-refractivity contribution >= 4 is 11.6 Å². The van der Waals surface area contributed by atoms with E-state index in [0.717, 1.165) is 36.7 Å². The molecule has 1 amide bonds. The lowest BCUT2D eigenvalue weighted by atomic mass is 9.92. The van der Waals surface area contributed by atoms with Gasteiger partial charge in [-0.2, -0.15) is 13.2 Å². The number of alkyl halides is 3. The van der Waals surface area contributed by atoms with Crippen molar-refractivity contribution < 1.29 is 22.4 Å². The number of halogens is 3. The van der Waals surface area contributed by atoms with Crippen molar-refractivity contribution in [3.63, 3.8) is 0 Å². The number of hydrogen-bond acceptors (Lipinski definition) is 3. The molecule has 1 aromatic carbocycles. The Morgan fingerprint density at radius 3 is 2.85 bits per heavy atom. The van der Waals surface area contributed by atoms with E-state index in [0.29, 0.717) is 0 Å². The zero-order valence-corrected chi connectivity index (χ0v) is 14.4. The van der Waals surface area contributed by atoms with Crippen LogP contribution in [0.5, 0.6) is 0 Å². The summed E-state index contributed by atoms with van der Waals surface area (Å²) in [7, 11) is 0. The van der Waals surface area contributed by atoms with Crippen LogP contribution in [0.4, 0.5) is 18.9 Å². The number of furan rings is 1. The molecule has 4 nitrogen and oxygen atoms in total. The molecule has 1 aliphatic rings. The Labute approximate surface area is 149 Å². The van der Waals surface area contributed by atoms with E-state index in [1.807, 2.05) is 13.0 Å². The van der Waals surface area contributed by atoms with Crippen molar-refractivity contribution in [1.29, 1.82) is 0 Å². The molecule has 0 bridgehead atoms. The van der Waals surface area contributed by atoms with Gasteiger partial charge >= 0.3 is 6.18 Å². The first-order valence-corrected chi connectivity index (χ1v) is 8.63. The quantitative estimate of drug-likeness (QED) is 0.808. The fraction of sp³-hybridized carbons (Fsp3) is 0.421. The molecule has 0 radical (unpaired) electrons. The van der Waals surface area contributed by atoms with Gasteiger partial charge in [-0.05, 0) is 38.0 Å². The molecule has 3 rings (SSSR count). The first kappa shape index (κ1) is 18.5. The van der Waals surface area contributed by atoms with Gasteiger partial charge < -0.3 is 15.1 Å². The summed E-state index contributed by atoms with van der Waals surface area (Å²) in [5.74, 6) is 0.509. The van der Waals surface area contributed by atoms with Gasteiger partial charge in [-0.1, -0.05) is 12.1 Å². The van der Waals surface area contributed by atoms with E-state index in [1.54, 1.807) is 6.26 Å². The Morgan fingerprint density at radius 1 is 1.31 bits per heavy atom. The van der Waals surface area contributed by atoms with Crippen LogP contribution in [0.15, 0.2) is 41.0 Å². The van der Waals surface area contributed by atoms with Gasteiger partial charge in [-0.3, -0.25) is 4.79 Å². The largest absolute Gasteiger partial charge is 0.469 e. The van der Waals surface area contributed by atoms with Crippen LogP contribution in [-0.2, 0) is 17.4 Å². The molecule has 0 fully saturated rings. The van der Waals surface area contributed by atoms with Crippen LogP contribution in [0, 0.1) is 0 Å². The number of rotatable bonds is 5. The summed E-state index contributed by atoms with van der Waals surface area (Å²) in [5, 5.41) is 5.76. The van der Waals surface area contributed by atoms with Crippen molar-refractivity contribution in [2.75, 3.05) is 5.32 Å². The third kappa shape index (κ3) is 4.27. The molecule has 2 N–H and O–H groups in total. The van der Waals surface area contributed by atoms with Crippen molar-refractivity contribution in [2.45, 2.75) is 50.9 Å². The average molecular weight is 366 g/mol. The third-order valence-corrected chi connectivity index (χ3v) is 4.54. The number of anilines is 1. The van der Waals surface area contributed by atoms with Crippen molar-refractivity contribution in [3.8, 4) is 0 Å². The highest BCUT2D eigenvalue weighted by Crippen LogP contribution is 2.35. The minimum absolute atomic E-state index is 0.0792. The normalized spacial score (nSPS) is 18.2. The van der Waals surface area contributed by atoms with E-state index >= 15 is 0 Å². The predicted molar refractivity (Wildman–Crippen MR) is 91.7 cm³/mol. The first-order chi connectivity index (χ1) is 12.3. The predicted octanol–water partition coefficient (Wildman–Crippen LogP) is 4.68. The van der Waals surface area contributed by atoms with Crippen molar-refractivity contribution in [2.24, 2.45) is 0 Å². The Hall–Kier alpha value is -2.28. The standard InChI is InChI=1S/C19H21F3N2O2/c1-12(23-15-7-4-8-17-13(15)9-10-26-17)11-18(25)24-16-6-3-2-5-14(16)19(20,21)22/h2-3,5-6,9-10,12,15,23H,4,7-8,11H2,1H3,(H,24,25). The molecule has 1 aromatic heterocycles. The molecule has 1 heterocycles. The summed E-state index contributed by atoms with van der Waals surface area (Å²) < 4.78 is 44.5. The number of aryl methyl sites for hydroxylation is 1. The maximum absolute atomic E-state index is 13.0. The number of amides is 1. The maximum atomic E-state index is 13.0. The molecular formula is C19H21F3N2O2. The van der Waals surface area contributed by atoms with Gasteiger partial charge in [-0.15, -0.1) is 0 Å². The topological polar surface area (TPSA) is 54.3 Å². The number of nitrogens with one attached hydrogen (secondary N) is 2. The molecule has 1 aliphatic carbocycles. The van der Waals surface area contributed by atoms with Gasteiger partial charge in [0.15, 0.2) is 0 Å². The molecule has 0 saturated carbocycles. The van der Waals surface area contributed by atoms with Gasteiger partial charge in [0.05, 0.1) is 17.5 Å². The lowest BCUT2D eigenvalue weighted by Gasteiger charge is -2.26. The van der Waals surface area contributed by atoms with Crippen LogP contribution in [-0.4, -0.2) is 11.9 Å². The highest BCUT2D eigenvalue weighted by molar-refractivity contribution is 5.92. The number of benzene rings is 1. The number of fused-ring (bicyclic) bond motifs is 1. The molecule has 26 heavy (non-hydrogen) atoms. The van der Waals surface area contributed by atoms with Gasteiger partial charge in [-0.25, -0.2) is 0 Å². The molecular weight excluding hydrogens is 345 g/mol. The van der Waals surface area contributed by atoms with Crippen LogP contribution < -0.4 is 10.6 Å². The third-order valence-electron chi connectivity index (χ3n) is 4.54. The molecule has 7 heteroatoms. The molecule has 0 saturated heterocycles. The highest BCUT2D eigenvalue weighted by Gasteiger charge is 2.33. The van der Waals surface area contributed by atoms with E-state index in [2.05, 4.69) is 10.6 Å². The Morgan fingerprint density at radius 2 is 2.08 bits per heavy atom. The van der Waals surface area contributed by atoms with E-state index in [4.69, 9.17) is 4.42 Å². The zero-order valence-electron chi connectivity index (χ0n) is 14.4. The lowest BCUT2D eigenvalue weighted by Crippen LogP contribution is -2.35. The van der Waals surface area contributed by atoms with Crippen LogP contribution in [0.2, 0.25) is 0 Å². The van der Waals surface area contributed by atoms with E-state index in [9.17, 15) is 18.0 Å². The SMILES string of the molecule is CC(CC(=O)Nc1ccccc1C(F)(F)F)NC1CCCc2occc21. The molecule has 2 aromatic rings. The van der Waals surface area contributed by atoms with Crippen LogP contribution >= 0.6 is 0 Å². The summed E-state index contributed by atoms with van der Waals surface area (Å²) in [4.78, 5) is 12.2. The van der Waals surface area contributed by atoms with E-state index in [1.165, 1.54) is 18.2 Å². The number of carbonyl (C=O) groups excluding carboxylic acids is 1. The molecule has 0 aliphatic heterocycles. The van der Waals surface area contributed by atoms with E-state index in [-0.39, 0.29) is 24.2 Å². The number of para-hydroxylation sites is 1. The fourth-order valence-corrected chi connectivity index (χ4v) is 3.38. The van der Waals surface area contributed by atoms with Crippen LogP contribution in [0.25, 0.3) is 0 Å². The Bertz CT molecular complexity index is 770. The second kappa shape index (κ2) is 7.53. The van der Waals surface area contributed by atoms with Crippen LogP contribution in [0.3, 0.4) is 0 Å². The Kier molecular flexibility index (Phi) is 5.36. The second-order valence-electron chi connectivity index (χ2n) is 6.61. The van der Waals surface area contributed by atoms with Gasteiger partial charge in [0.2, 0.25) is 5.91 Å². The second-order valence-corrected chi connectivity index (χ2v) is 6.61. The molecule has 2 unspecified atom stereocenters. The van der Waals surface area contributed by atoms with Gasteiger partial charge in [0.25, 0.3) is 0 Å². The number of carbonyl (C=O) groups is 1. The molecule has 2 atom stereocenters. The van der Waals surface area contributed by atoms with Gasteiger partial charge in [0, 0.05) is 30.5 Å². The lowest BCUT2D eigenvalue weighted by molar-refractivity contribution is -0.137. The van der Waals surface area contributed by atoms with Crippen molar-refractivity contribution in [1.82, 2.24) is 5.32 Å². The monoisotopic (exact) mass is 366 g/mol. The summed E-state index contributed by atoms with van der Waals surface area (Å²) in [5.41, 5.74) is 0.0437. The average Bonchev–Trinajstić information content (AvgIpc) is 3.04. The summed E-state index contributed by atoms with van der Waals surface area (Å²) in [6.45, 7) is 1.85. The summed E-state index contributed by atoms with van der Waals surface area (Å²) in [6, 6.07) is 6.83. The smallest absolute Gasteiger partial charge is 0.418 e. The Balaban J connectivity index is 1.60. The minimum Gasteiger partial charge on any atom is -0.469 e.